The first-order chi connectivity index (χ1) is 17.4. The molecular weight excluding hydrogens is 502 g/mol. The van der Waals surface area contributed by atoms with Crippen LogP contribution < -0.4 is 5.56 Å². The van der Waals surface area contributed by atoms with Crippen molar-refractivity contribution in [2.24, 2.45) is 0 Å². The van der Waals surface area contributed by atoms with Crippen molar-refractivity contribution in [1.29, 1.82) is 0 Å². The molecule has 0 aliphatic carbocycles. The number of nitrogens with zero attached hydrogens (tertiary/aromatic N) is 2. The number of fused-ring (bicyclic) bond motifs is 1. The minimum atomic E-state index is -0.460. The molecular formula is C27H32F2N2O3S2. The van der Waals surface area contributed by atoms with Crippen LogP contribution in [-0.2, 0) is 16.0 Å². The number of carbonyl (C=O) groups excluding carboxylic acids is 1. The Kier molecular flexibility index (Phi) is 16.5. The lowest BCUT2D eigenvalue weighted by atomic mass is 10.1. The first-order valence-corrected chi connectivity index (χ1v) is 12.7. The monoisotopic (exact) mass is 534 g/mol. The number of carbonyl (C=O) groups is 1. The van der Waals surface area contributed by atoms with E-state index in [9.17, 15) is 18.4 Å². The zero-order chi connectivity index (χ0) is 27.7. The van der Waals surface area contributed by atoms with Crippen molar-refractivity contribution >= 4 is 39.3 Å². The molecule has 9 heteroatoms. The van der Waals surface area contributed by atoms with Crippen LogP contribution in [0, 0.1) is 25.6 Å². The van der Waals surface area contributed by atoms with Crippen molar-refractivity contribution < 1.29 is 18.3 Å². The van der Waals surface area contributed by atoms with E-state index in [4.69, 9.17) is 4.74 Å². The molecule has 0 atom stereocenters. The van der Waals surface area contributed by atoms with E-state index in [1.807, 2.05) is 32.9 Å². The highest BCUT2D eigenvalue weighted by Crippen LogP contribution is 2.30. The van der Waals surface area contributed by atoms with E-state index in [1.54, 1.807) is 19.1 Å². The molecule has 0 aliphatic heterocycles. The zero-order valence-corrected chi connectivity index (χ0v) is 22.8. The molecule has 2 heterocycles. The lowest BCUT2D eigenvalue weighted by molar-refractivity contribution is -0.139. The molecule has 0 N–H and O–H groups in total. The van der Waals surface area contributed by atoms with Gasteiger partial charge in [0.2, 0.25) is 0 Å². The minimum Gasteiger partial charge on any atom is -0.465 e. The van der Waals surface area contributed by atoms with Crippen LogP contribution in [0.3, 0.4) is 0 Å². The van der Waals surface area contributed by atoms with E-state index in [2.05, 4.69) is 24.4 Å². The Bertz CT molecular complexity index is 1230. The Morgan fingerprint density at radius 3 is 2.44 bits per heavy atom. The molecule has 0 aliphatic rings. The van der Waals surface area contributed by atoms with Crippen LogP contribution in [0.25, 0.3) is 15.9 Å². The maximum atomic E-state index is 13.8. The van der Waals surface area contributed by atoms with Gasteiger partial charge in [-0.3, -0.25) is 18.5 Å². The lowest BCUT2D eigenvalue weighted by Crippen LogP contribution is -2.22. The van der Waals surface area contributed by atoms with Gasteiger partial charge in [0.1, 0.15) is 10.6 Å². The third kappa shape index (κ3) is 9.10. The molecule has 0 bridgehead atoms. The summed E-state index contributed by atoms with van der Waals surface area (Å²) in [5.41, 5.74) is 0.946. The second-order valence-electron chi connectivity index (χ2n) is 6.58. The number of halogens is 2. The minimum absolute atomic E-state index is 0.00494. The molecule has 3 rings (SSSR count). The third-order valence-corrected chi connectivity index (χ3v) is 6.32. The molecule has 36 heavy (non-hydrogen) atoms. The number of hydrogen-bond donors (Lipinski definition) is 0. The van der Waals surface area contributed by atoms with E-state index in [1.165, 1.54) is 34.1 Å². The van der Waals surface area contributed by atoms with Crippen LogP contribution in [-0.4, -0.2) is 35.1 Å². The van der Waals surface area contributed by atoms with Gasteiger partial charge in [-0.1, -0.05) is 36.1 Å². The first-order valence-electron chi connectivity index (χ1n) is 10.9. The fourth-order valence-corrected chi connectivity index (χ4v) is 4.76. The number of benzene rings is 1. The molecule has 0 saturated heterocycles. The first kappa shape index (κ1) is 32.8. The van der Waals surface area contributed by atoms with Gasteiger partial charge in [0.25, 0.3) is 5.56 Å². The van der Waals surface area contributed by atoms with Crippen LogP contribution in [0.5, 0.6) is 0 Å². The molecule has 2 aromatic heterocycles. The third-order valence-electron chi connectivity index (χ3n) is 4.37. The average molecular weight is 535 g/mol. The van der Waals surface area contributed by atoms with Gasteiger partial charge in [0, 0.05) is 4.88 Å². The number of alkyl halides is 1. The summed E-state index contributed by atoms with van der Waals surface area (Å²) in [5, 5.41) is 0.828. The lowest BCUT2D eigenvalue weighted by Gasteiger charge is -2.12. The molecule has 5 nitrogen and oxygen atoms in total. The molecule has 194 valence electrons. The van der Waals surface area contributed by atoms with Crippen molar-refractivity contribution in [3.8, 4) is 18.5 Å². The SMILES string of the molecule is C#C.C/C=C\C.C=CCc1c(C)sc2nc(SCC(=O)OCC)n(-c3cccc(F)c3)c(=O)c12.CF. The normalized spacial score (nSPS) is 9.81. The van der Waals surface area contributed by atoms with Gasteiger partial charge in [-0.25, -0.2) is 9.37 Å². The van der Waals surface area contributed by atoms with Crippen LogP contribution in [0.2, 0.25) is 0 Å². The maximum absolute atomic E-state index is 13.8. The summed E-state index contributed by atoms with van der Waals surface area (Å²) in [6, 6.07) is 5.75. The van der Waals surface area contributed by atoms with Crippen molar-refractivity contribution in [2.45, 2.75) is 39.3 Å². The Morgan fingerprint density at radius 1 is 1.28 bits per heavy atom. The molecule has 3 aromatic rings. The van der Waals surface area contributed by atoms with E-state index < -0.39 is 11.8 Å². The van der Waals surface area contributed by atoms with Crippen molar-refractivity contribution in [3.05, 3.63) is 75.7 Å². The predicted molar refractivity (Wildman–Crippen MR) is 149 cm³/mol. The molecule has 1 aromatic carbocycles. The Hall–Kier alpha value is -3.22. The van der Waals surface area contributed by atoms with E-state index in [0.29, 0.717) is 34.7 Å². The van der Waals surface area contributed by atoms with Gasteiger partial charge in [0.15, 0.2) is 5.16 Å². The fraction of sp³-hybridized carbons (Fsp3) is 0.296. The number of aryl methyl sites for hydroxylation is 1. The molecule has 0 unspecified atom stereocenters. The summed E-state index contributed by atoms with van der Waals surface area (Å²) < 4.78 is 29.6. The van der Waals surface area contributed by atoms with Crippen molar-refractivity contribution in [1.82, 2.24) is 9.55 Å². The van der Waals surface area contributed by atoms with Gasteiger partial charge in [0.05, 0.1) is 30.6 Å². The summed E-state index contributed by atoms with van der Waals surface area (Å²) in [7, 11) is 0.500. The quantitative estimate of drug-likeness (QED) is 0.111. The number of allylic oxidation sites excluding steroid dienone is 3. The number of rotatable bonds is 7. The van der Waals surface area contributed by atoms with E-state index in [0.717, 1.165) is 22.2 Å². The second kappa shape index (κ2) is 18.1. The number of thiophene rings is 1. The molecule has 0 amide bonds. The van der Waals surface area contributed by atoms with Gasteiger partial charge >= 0.3 is 5.97 Å². The van der Waals surface area contributed by atoms with Crippen LogP contribution in [0.4, 0.5) is 8.78 Å². The maximum Gasteiger partial charge on any atom is 0.316 e. The highest BCUT2D eigenvalue weighted by Gasteiger charge is 2.20. The second-order valence-corrected chi connectivity index (χ2v) is 8.73. The Labute approximate surface area is 219 Å². The molecule has 0 radical (unpaired) electrons. The highest BCUT2D eigenvalue weighted by atomic mass is 32.2. The standard InChI is InChI=1S/C20H19FN2O3S2.C4H8.C2H2.CH3F/c1-4-7-15-12(3)28-18-17(15)19(25)23(14-9-6-8-13(21)10-14)20(22-18)27-11-16(24)26-5-2;1-3-4-2;2*1-2/h4,6,8-10H,1,5,7,11H2,2-3H3;3-4H,1-2H3;1-2H;1H3/b;4-3-;;. The number of aromatic nitrogens is 2. The highest BCUT2D eigenvalue weighted by molar-refractivity contribution is 7.99. The number of hydrogen-bond acceptors (Lipinski definition) is 6. The zero-order valence-electron chi connectivity index (χ0n) is 21.2. The topological polar surface area (TPSA) is 61.2 Å². The molecule has 0 spiro atoms. The molecule has 0 saturated carbocycles. The van der Waals surface area contributed by atoms with Crippen molar-refractivity contribution in [2.75, 3.05) is 19.5 Å². The summed E-state index contributed by atoms with van der Waals surface area (Å²) in [6.07, 6.45) is 14.3. The van der Waals surface area contributed by atoms with Gasteiger partial charge in [-0.15, -0.1) is 30.8 Å². The number of esters is 1. The Morgan fingerprint density at radius 2 is 1.92 bits per heavy atom. The summed E-state index contributed by atoms with van der Waals surface area (Å²) in [6.45, 7) is 11.7. The van der Waals surface area contributed by atoms with Crippen LogP contribution in [0.15, 0.2) is 59.0 Å². The van der Waals surface area contributed by atoms with E-state index >= 15 is 0 Å². The largest absolute Gasteiger partial charge is 0.465 e. The van der Waals surface area contributed by atoms with Crippen LogP contribution in [0.1, 0.15) is 31.2 Å². The van der Waals surface area contributed by atoms with Gasteiger partial charge in [-0.2, -0.15) is 0 Å². The predicted octanol–water partition coefficient (Wildman–Crippen LogP) is 6.70. The smallest absolute Gasteiger partial charge is 0.316 e. The average Bonchev–Trinajstić information content (AvgIpc) is 3.20. The fourth-order valence-electron chi connectivity index (χ4n) is 2.85. The summed E-state index contributed by atoms with van der Waals surface area (Å²) in [4.78, 5) is 31.4. The van der Waals surface area contributed by atoms with Crippen molar-refractivity contribution in [3.63, 3.8) is 0 Å². The van der Waals surface area contributed by atoms with Crippen LogP contribution >= 0.6 is 23.1 Å². The van der Waals surface area contributed by atoms with E-state index in [-0.39, 0.29) is 17.9 Å². The number of ether oxygens (including phenoxy) is 1. The molecule has 0 fully saturated rings. The Balaban J connectivity index is 0.00000137. The number of thioether (sulfide) groups is 1. The van der Waals surface area contributed by atoms with Gasteiger partial charge in [-0.05, 0) is 57.9 Å². The summed E-state index contributed by atoms with van der Waals surface area (Å²) >= 11 is 2.52. The summed E-state index contributed by atoms with van der Waals surface area (Å²) in [5.74, 6) is -0.855. The van der Waals surface area contributed by atoms with Gasteiger partial charge < -0.3 is 4.74 Å². The number of terminal acetylenes is 1.